The largest absolute Gasteiger partial charge is 0.357 e. The summed E-state index contributed by atoms with van der Waals surface area (Å²) in [6.07, 6.45) is 1.06. The molecule has 21 heavy (non-hydrogen) atoms. The molecule has 0 atom stereocenters. The zero-order valence-corrected chi connectivity index (χ0v) is 14.9. The number of nitrogens with one attached hydrogen (secondary N) is 1. The van der Waals surface area contributed by atoms with Crippen LogP contribution in [-0.2, 0) is 6.42 Å². The van der Waals surface area contributed by atoms with E-state index in [-0.39, 0.29) is 0 Å². The van der Waals surface area contributed by atoms with Crippen LogP contribution in [0.5, 0.6) is 0 Å². The van der Waals surface area contributed by atoms with Crippen molar-refractivity contribution in [3.63, 3.8) is 0 Å². The Kier molecular flexibility index (Phi) is 6.26. The lowest BCUT2D eigenvalue weighted by molar-refractivity contribution is 0.324. The number of nitrogens with zero attached hydrogens (tertiary/aromatic N) is 3. The van der Waals surface area contributed by atoms with Crippen molar-refractivity contribution in [2.24, 2.45) is 0 Å². The Morgan fingerprint density at radius 3 is 2.62 bits per heavy atom. The second-order valence-corrected chi connectivity index (χ2v) is 6.96. The van der Waals surface area contributed by atoms with Gasteiger partial charge < -0.3 is 10.2 Å². The number of thioether (sulfide) groups is 1. The standard InChI is InChI=1S/C15H24N4S2/c1-5-11-10-12-13(20-9-8-19(6-2)7-3)17-15(16-4)18-14(12)21-11/h10H,5-9H2,1-4H3,(H,16,17,18). The third kappa shape index (κ3) is 4.08. The van der Waals surface area contributed by atoms with E-state index in [0.29, 0.717) is 0 Å². The molecule has 2 aromatic heterocycles. The van der Waals surface area contributed by atoms with Gasteiger partial charge in [-0.05, 0) is 25.6 Å². The van der Waals surface area contributed by atoms with Crippen LogP contribution in [-0.4, -0.2) is 47.3 Å². The molecular formula is C15H24N4S2. The summed E-state index contributed by atoms with van der Waals surface area (Å²) in [6.45, 7) is 9.92. The summed E-state index contributed by atoms with van der Waals surface area (Å²) in [6, 6.07) is 2.25. The van der Waals surface area contributed by atoms with Gasteiger partial charge in [0.1, 0.15) is 9.86 Å². The number of hydrogen-bond acceptors (Lipinski definition) is 6. The molecule has 0 aliphatic heterocycles. The van der Waals surface area contributed by atoms with Gasteiger partial charge in [-0.2, -0.15) is 0 Å². The Hall–Kier alpha value is -0.850. The van der Waals surface area contributed by atoms with Crippen molar-refractivity contribution >= 4 is 39.3 Å². The Bertz CT molecular complexity index is 578. The number of fused-ring (bicyclic) bond motifs is 1. The molecule has 0 spiro atoms. The van der Waals surface area contributed by atoms with Gasteiger partial charge in [0.05, 0.1) is 0 Å². The highest BCUT2D eigenvalue weighted by Gasteiger charge is 2.11. The minimum absolute atomic E-state index is 0.720. The summed E-state index contributed by atoms with van der Waals surface area (Å²) >= 11 is 3.61. The first kappa shape index (κ1) is 16.5. The van der Waals surface area contributed by atoms with E-state index >= 15 is 0 Å². The van der Waals surface area contributed by atoms with Gasteiger partial charge in [-0.3, -0.25) is 0 Å². The van der Waals surface area contributed by atoms with Crippen LogP contribution in [0.3, 0.4) is 0 Å². The summed E-state index contributed by atoms with van der Waals surface area (Å²) in [5.41, 5.74) is 0. The van der Waals surface area contributed by atoms with Crippen molar-refractivity contribution in [1.82, 2.24) is 14.9 Å². The molecule has 0 saturated heterocycles. The van der Waals surface area contributed by atoms with Crippen LogP contribution in [0.4, 0.5) is 5.95 Å². The van der Waals surface area contributed by atoms with Crippen LogP contribution >= 0.6 is 23.1 Å². The van der Waals surface area contributed by atoms with Crippen LogP contribution in [0.1, 0.15) is 25.6 Å². The second-order valence-electron chi connectivity index (χ2n) is 4.76. The van der Waals surface area contributed by atoms with Gasteiger partial charge in [0, 0.05) is 29.6 Å². The van der Waals surface area contributed by atoms with Crippen molar-refractivity contribution in [2.45, 2.75) is 32.2 Å². The molecule has 0 radical (unpaired) electrons. The van der Waals surface area contributed by atoms with Gasteiger partial charge in [0.2, 0.25) is 5.95 Å². The normalized spacial score (nSPS) is 11.5. The van der Waals surface area contributed by atoms with Crippen molar-refractivity contribution in [3.05, 3.63) is 10.9 Å². The van der Waals surface area contributed by atoms with E-state index < -0.39 is 0 Å². The summed E-state index contributed by atoms with van der Waals surface area (Å²) in [7, 11) is 1.87. The van der Waals surface area contributed by atoms with Gasteiger partial charge in [0.15, 0.2) is 0 Å². The molecule has 2 heterocycles. The fraction of sp³-hybridized carbons (Fsp3) is 0.600. The maximum Gasteiger partial charge on any atom is 0.224 e. The molecule has 0 aliphatic carbocycles. The van der Waals surface area contributed by atoms with Gasteiger partial charge in [-0.25, -0.2) is 9.97 Å². The highest BCUT2D eigenvalue weighted by molar-refractivity contribution is 7.99. The van der Waals surface area contributed by atoms with E-state index in [4.69, 9.17) is 0 Å². The average Bonchev–Trinajstić information content (AvgIpc) is 2.94. The van der Waals surface area contributed by atoms with Crippen LogP contribution in [0.15, 0.2) is 11.1 Å². The number of aromatic nitrogens is 2. The summed E-state index contributed by atoms with van der Waals surface area (Å²) in [5.74, 6) is 1.78. The van der Waals surface area contributed by atoms with Gasteiger partial charge in [-0.1, -0.05) is 20.8 Å². The molecule has 2 rings (SSSR count). The molecule has 0 aliphatic rings. The molecule has 0 aromatic carbocycles. The quantitative estimate of drug-likeness (QED) is 0.592. The molecular weight excluding hydrogens is 300 g/mol. The predicted octanol–water partition coefficient (Wildman–Crippen LogP) is 3.73. The predicted molar refractivity (Wildman–Crippen MR) is 94.9 cm³/mol. The molecule has 0 bridgehead atoms. The van der Waals surface area contributed by atoms with Crippen molar-refractivity contribution in [1.29, 1.82) is 0 Å². The first-order chi connectivity index (χ1) is 10.2. The molecule has 0 amide bonds. The number of rotatable bonds is 8. The Balaban J connectivity index is 2.18. The van der Waals surface area contributed by atoms with Crippen molar-refractivity contribution < 1.29 is 0 Å². The fourth-order valence-electron chi connectivity index (χ4n) is 2.15. The maximum absolute atomic E-state index is 4.64. The van der Waals surface area contributed by atoms with Crippen LogP contribution in [0.2, 0.25) is 0 Å². The van der Waals surface area contributed by atoms with Crippen LogP contribution in [0, 0.1) is 0 Å². The van der Waals surface area contributed by atoms with Crippen molar-refractivity contribution in [3.8, 4) is 0 Å². The molecule has 1 N–H and O–H groups in total. The first-order valence-corrected chi connectivity index (χ1v) is 9.35. The van der Waals surface area contributed by atoms with Crippen LogP contribution in [0.25, 0.3) is 10.2 Å². The number of thiophene rings is 1. The zero-order chi connectivity index (χ0) is 15.2. The van der Waals surface area contributed by atoms with E-state index in [2.05, 4.69) is 47.0 Å². The minimum atomic E-state index is 0.720. The summed E-state index contributed by atoms with van der Waals surface area (Å²) in [5, 5.41) is 5.38. The third-order valence-corrected chi connectivity index (χ3v) is 5.67. The Morgan fingerprint density at radius 1 is 1.24 bits per heavy atom. The highest BCUT2D eigenvalue weighted by Crippen LogP contribution is 2.32. The minimum Gasteiger partial charge on any atom is -0.357 e. The topological polar surface area (TPSA) is 41.1 Å². The Labute approximate surface area is 135 Å². The first-order valence-electron chi connectivity index (χ1n) is 7.55. The summed E-state index contributed by atoms with van der Waals surface area (Å²) in [4.78, 5) is 14.1. The number of hydrogen-bond donors (Lipinski definition) is 1. The van der Waals surface area contributed by atoms with Gasteiger partial charge in [-0.15, -0.1) is 23.1 Å². The second kappa shape index (κ2) is 7.96. The van der Waals surface area contributed by atoms with E-state index in [9.17, 15) is 0 Å². The number of anilines is 1. The van der Waals surface area contributed by atoms with Gasteiger partial charge in [0.25, 0.3) is 0 Å². The smallest absolute Gasteiger partial charge is 0.224 e. The molecule has 2 aromatic rings. The summed E-state index contributed by atoms with van der Waals surface area (Å²) < 4.78 is 0. The molecule has 0 saturated carbocycles. The highest BCUT2D eigenvalue weighted by atomic mass is 32.2. The lowest BCUT2D eigenvalue weighted by atomic mass is 10.3. The lowest BCUT2D eigenvalue weighted by Crippen LogP contribution is -2.25. The number of aryl methyl sites for hydroxylation is 1. The van der Waals surface area contributed by atoms with E-state index in [0.717, 1.165) is 47.6 Å². The fourth-order valence-corrected chi connectivity index (χ4v) is 4.19. The Morgan fingerprint density at radius 2 is 2.00 bits per heavy atom. The molecule has 116 valence electrons. The molecule has 0 fully saturated rings. The third-order valence-electron chi connectivity index (χ3n) is 3.52. The lowest BCUT2D eigenvalue weighted by Gasteiger charge is -2.17. The molecule has 0 unspecified atom stereocenters. The van der Waals surface area contributed by atoms with E-state index in [1.165, 1.54) is 10.3 Å². The van der Waals surface area contributed by atoms with Gasteiger partial charge >= 0.3 is 0 Å². The van der Waals surface area contributed by atoms with E-state index in [1.54, 1.807) is 11.3 Å². The SMILES string of the molecule is CCc1cc2c(SCCN(CC)CC)nc(NC)nc2s1. The van der Waals surface area contributed by atoms with Crippen molar-refractivity contribution in [2.75, 3.05) is 37.8 Å². The zero-order valence-electron chi connectivity index (χ0n) is 13.3. The molecule has 6 heteroatoms. The monoisotopic (exact) mass is 324 g/mol. The average molecular weight is 325 g/mol. The van der Waals surface area contributed by atoms with Crippen LogP contribution < -0.4 is 5.32 Å². The molecule has 4 nitrogen and oxygen atoms in total. The maximum atomic E-state index is 4.64. The van der Waals surface area contributed by atoms with E-state index in [1.807, 2.05) is 18.8 Å².